The van der Waals surface area contributed by atoms with Crippen LogP contribution in [-0.2, 0) is 12.2 Å². The van der Waals surface area contributed by atoms with E-state index in [9.17, 15) is 4.79 Å². The molecule has 0 aliphatic rings. The van der Waals surface area contributed by atoms with Gasteiger partial charge >= 0.3 is 0 Å². The van der Waals surface area contributed by atoms with Gasteiger partial charge < -0.3 is 5.73 Å². The Labute approximate surface area is 132 Å². The molecule has 3 rings (SSSR count). The highest BCUT2D eigenvalue weighted by molar-refractivity contribution is 8.00. The first kappa shape index (κ1) is 14.4. The molecule has 0 bridgehead atoms. The summed E-state index contributed by atoms with van der Waals surface area (Å²) in [5, 5.41) is 13.3. The highest BCUT2D eigenvalue weighted by atomic mass is 32.2. The lowest BCUT2D eigenvalue weighted by atomic mass is 10.4. The minimum absolute atomic E-state index is 0.147. The summed E-state index contributed by atoms with van der Waals surface area (Å²) in [7, 11) is 0. The van der Waals surface area contributed by atoms with Gasteiger partial charge in [-0.25, -0.2) is 4.98 Å². The van der Waals surface area contributed by atoms with Crippen LogP contribution in [0.5, 0.6) is 0 Å². The van der Waals surface area contributed by atoms with Crippen molar-refractivity contribution in [2.24, 2.45) is 0 Å². The topological polar surface area (TPSA) is 99.1 Å². The zero-order valence-electron chi connectivity index (χ0n) is 11.1. The fourth-order valence-electron chi connectivity index (χ4n) is 1.70. The second-order valence-electron chi connectivity index (χ2n) is 4.22. The summed E-state index contributed by atoms with van der Waals surface area (Å²) < 4.78 is 2.14. The van der Waals surface area contributed by atoms with Crippen molar-refractivity contribution in [3.8, 4) is 0 Å². The molecule has 3 aromatic heterocycles. The first-order chi connectivity index (χ1) is 10.2. The molecule has 0 radical (unpaired) electrons. The number of fused-ring (bicyclic) bond motifs is 1. The summed E-state index contributed by atoms with van der Waals surface area (Å²) in [6, 6.07) is 1.51. The second kappa shape index (κ2) is 6.08. The maximum atomic E-state index is 12.0. The molecule has 3 heterocycles. The molecule has 0 fully saturated rings. The number of hydrogen-bond donors (Lipinski definition) is 1. The quantitative estimate of drug-likeness (QED) is 0.707. The van der Waals surface area contributed by atoms with E-state index in [4.69, 9.17) is 5.73 Å². The fraction of sp³-hybridized carbons (Fsp3) is 0.364. The Morgan fingerprint density at radius 3 is 2.95 bits per heavy atom. The van der Waals surface area contributed by atoms with E-state index in [-0.39, 0.29) is 5.56 Å². The average Bonchev–Trinajstić information content (AvgIpc) is 3.03. The summed E-state index contributed by atoms with van der Waals surface area (Å²) in [5.41, 5.74) is 6.10. The zero-order chi connectivity index (χ0) is 14.8. The van der Waals surface area contributed by atoms with Crippen LogP contribution in [0.25, 0.3) is 4.96 Å². The van der Waals surface area contributed by atoms with Crippen LogP contribution in [0.4, 0.5) is 5.13 Å². The third kappa shape index (κ3) is 3.22. The molecule has 0 saturated carbocycles. The van der Waals surface area contributed by atoms with E-state index in [1.54, 1.807) is 0 Å². The molecule has 0 amide bonds. The van der Waals surface area contributed by atoms with Gasteiger partial charge in [0.2, 0.25) is 10.1 Å². The van der Waals surface area contributed by atoms with E-state index >= 15 is 0 Å². The molecule has 0 aliphatic carbocycles. The van der Waals surface area contributed by atoms with Gasteiger partial charge in [-0.15, -0.1) is 10.2 Å². The van der Waals surface area contributed by atoms with Gasteiger partial charge in [-0.3, -0.25) is 4.79 Å². The van der Waals surface area contributed by atoms with Crippen LogP contribution < -0.4 is 11.3 Å². The Bertz CT molecular complexity index is 823. The Kier molecular flexibility index (Phi) is 4.17. The Hall–Kier alpha value is -1.52. The van der Waals surface area contributed by atoms with Crippen LogP contribution in [0.3, 0.4) is 0 Å². The molecule has 7 nitrogen and oxygen atoms in total. The molecule has 0 aromatic carbocycles. The van der Waals surface area contributed by atoms with Crippen molar-refractivity contribution in [3.05, 3.63) is 27.1 Å². The van der Waals surface area contributed by atoms with E-state index in [2.05, 4.69) is 27.2 Å². The van der Waals surface area contributed by atoms with Crippen LogP contribution in [0.2, 0.25) is 0 Å². The molecule has 110 valence electrons. The van der Waals surface area contributed by atoms with Crippen molar-refractivity contribution in [2.45, 2.75) is 29.9 Å². The van der Waals surface area contributed by atoms with Crippen LogP contribution in [-0.4, -0.2) is 24.8 Å². The van der Waals surface area contributed by atoms with Crippen LogP contribution in [0.15, 0.2) is 15.2 Å². The molecular weight excluding hydrogens is 328 g/mol. The number of hydrogen-bond acceptors (Lipinski definition) is 9. The van der Waals surface area contributed by atoms with E-state index in [0.29, 0.717) is 21.5 Å². The van der Waals surface area contributed by atoms with Crippen molar-refractivity contribution in [3.63, 3.8) is 0 Å². The fourth-order valence-corrected chi connectivity index (χ4v) is 4.25. The number of thioether (sulfide) groups is 1. The van der Waals surface area contributed by atoms with Gasteiger partial charge in [-0.2, -0.15) is 9.61 Å². The zero-order valence-corrected chi connectivity index (χ0v) is 13.6. The first-order valence-corrected chi connectivity index (χ1v) is 8.88. The third-order valence-electron chi connectivity index (χ3n) is 2.57. The molecule has 0 atom stereocenters. The Morgan fingerprint density at radius 1 is 1.38 bits per heavy atom. The lowest BCUT2D eigenvalue weighted by Crippen LogP contribution is -2.15. The molecule has 0 unspecified atom stereocenters. The smallest absolute Gasteiger partial charge is 0.275 e. The normalized spacial score (nSPS) is 11.3. The van der Waals surface area contributed by atoms with Crippen molar-refractivity contribution >= 4 is 44.5 Å². The predicted molar refractivity (Wildman–Crippen MR) is 85.0 cm³/mol. The van der Waals surface area contributed by atoms with E-state index in [0.717, 1.165) is 22.2 Å². The predicted octanol–water partition coefficient (Wildman–Crippen LogP) is 1.83. The summed E-state index contributed by atoms with van der Waals surface area (Å²) in [6.07, 6.45) is 1.86. The Balaban J connectivity index is 1.84. The molecule has 10 heteroatoms. The summed E-state index contributed by atoms with van der Waals surface area (Å²) in [6.45, 7) is 2.08. The number of aromatic nitrogens is 5. The monoisotopic (exact) mass is 340 g/mol. The molecule has 3 aromatic rings. The lowest BCUT2D eigenvalue weighted by Gasteiger charge is -1.97. The minimum Gasteiger partial charge on any atom is -0.374 e. The average molecular weight is 340 g/mol. The minimum atomic E-state index is -0.147. The van der Waals surface area contributed by atoms with Gasteiger partial charge in [-0.1, -0.05) is 41.4 Å². The van der Waals surface area contributed by atoms with E-state index in [1.807, 2.05) is 0 Å². The molecule has 0 aliphatic heterocycles. The van der Waals surface area contributed by atoms with E-state index in [1.165, 1.54) is 45.0 Å². The largest absolute Gasteiger partial charge is 0.374 e. The van der Waals surface area contributed by atoms with Gasteiger partial charge in [0.1, 0.15) is 5.01 Å². The van der Waals surface area contributed by atoms with Crippen molar-refractivity contribution in [1.82, 2.24) is 24.8 Å². The molecule has 2 N–H and O–H groups in total. The SMILES string of the molecule is CCCc1nn2c(=O)cc(CSc3nnc(N)s3)nc2s1. The Morgan fingerprint density at radius 2 is 2.24 bits per heavy atom. The maximum Gasteiger partial charge on any atom is 0.275 e. The number of nitrogens with zero attached hydrogens (tertiary/aromatic N) is 5. The highest BCUT2D eigenvalue weighted by Gasteiger charge is 2.10. The molecule has 0 spiro atoms. The number of anilines is 1. The summed E-state index contributed by atoms with van der Waals surface area (Å²) in [5.74, 6) is 0.557. The van der Waals surface area contributed by atoms with Crippen molar-refractivity contribution in [1.29, 1.82) is 0 Å². The number of nitrogens with two attached hydrogens (primary N) is 1. The molecule has 0 saturated heterocycles. The first-order valence-electron chi connectivity index (χ1n) is 6.26. The molecular formula is C11H12N6OS3. The third-order valence-corrected chi connectivity index (χ3v) is 5.46. The second-order valence-corrected chi connectivity index (χ2v) is 7.49. The van der Waals surface area contributed by atoms with Crippen LogP contribution in [0, 0.1) is 0 Å². The van der Waals surface area contributed by atoms with Crippen molar-refractivity contribution in [2.75, 3.05) is 5.73 Å². The van der Waals surface area contributed by atoms with E-state index < -0.39 is 0 Å². The summed E-state index contributed by atoms with van der Waals surface area (Å²) in [4.78, 5) is 17.2. The van der Waals surface area contributed by atoms with Gasteiger partial charge in [0, 0.05) is 18.2 Å². The van der Waals surface area contributed by atoms with Gasteiger partial charge in [-0.05, 0) is 6.42 Å². The highest BCUT2D eigenvalue weighted by Crippen LogP contribution is 2.26. The van der Waals surface area contributed by atoms with Gasteiger partial charge in [0.25, 0.3) is 5.56 Å². The van der Waals surface area contributed by atoms with Crippen LogP contribution in [0.1, 0.15) is 24.0 Å². The van der Waals surface area contributed by atoms with Gasteiger partial charge in [0.15, 0.2) is 4.34 Å². The lowest BCUT2D eigenvalue weighted by molar-refractivity contribution is 0.818. The van der Waals surface area contributed by atoms with Crippen LogP contribution >= 0.6 is 34.4 Å². The van der Waals surface area contributed by atoms with Gasteiger partial charge in [0.05, 0.1) is 5.69 Å². The molecule has 21 heavy (non-hydrogen) atoms. The number of nitrogen functional groups attached to an aromatic ring is 1. The summed E-state index contributed by atoms with van der Waals surface area (Å²) >= 11 is 4.25. The van der Waals surface area contributed by atoms with Crippen molar-refractivity contribution < 1.29 is 0 Å². The standard InChI is InChI=1S/C11H12N6OS3/c1-2-3-7-16-17-8(18)4-6(13-10(17)20-7)5-19-11-15-14-9(12)21-11/h4H,2-3,5H2,1H3,(H2,12,14). The maximum absolute atomic E-state index is 12.0. The number of rotatable bonds is 5. The number of aryl methyl sites for hydroxylation is 1.